The number of likely N-dealkylation sites (tertiary alicyclic amines) is 1. The summed E-state index contributed by atoms with van der Waals surface area (Å²) in [5, 5.41) is 8.87. The molecule has 2 aliphatic heterocycles. The predicted octanol–water partition coefficient (Wildman–Crippen LogP) is 1.01. The monoisotopic (exact) mass is 280 g/mol. The maximum Gasteiger partial charge on any atom is 0.240 e. The second-order valence-electron chi connectivity index (χ2n) is 5.94. The first-order valence-electron chi connectivity index (χ1n) is 6.72. The first-order chi connectivity index (χ1) is 9.07. The molecule has 1 aromatic rings. The number of fused-ring (bicyclic) bond motifs is 1. The number of anilines is 1. The molecule has 0 radical (unpaired) electrons. The molecule has 2 aliphatic rings. The minimum absolute atomic E-state index is 0.0379. The van der Waals surface area contributed by atoms with Crippen LogP contribution in [0.2, 0.25) is 0 Å². The fourth-order valence-corrected chi connectivity index (χ4v) is 3.94. The van der Waals surface area contributed by atoms with Crippen molar-refractivity contribution in [2.75, 3.05) is 31.5 Å². The lowest BCUT2D eigenvalue weighted by Crippen LogP contribution is -2.47. The lowest BCUT2D eigenvalue weighted by atomic mass is 9.85. The van der Waals surface area contributed by atoms with Gasteiger partial charge in [-0.05, 0) is 32.2 Å². The molecule has 2 N–H and O–H groups in total. The molecule has 6 heteroatoms. The Morgan fingerprint density at radius 2 is 2.47 bits per heavy atom. The Hall–Kier alpha value is -0.980. The summed E-state index contributed by atoms with van der Waals surface area (Å²) >= 11 is 1.45. The highest BCUT2D eigenvalue weighted by Crippen LogP contribution is 2.40. The van der Waals surface area contributed by atoms with E-state index >= 15 is 0 Å². The Kier molecular flexibility index (Phi) is 3.32. The van der Waals surface area contributed by atoms with E-state index in [-0.39, 0.29) is 11.4 Å². The molecule has 2 unspecified atom stereocenters. The van der Waals surface area contributed by atoms with Gasteiger partial charge in [0.1, 0.15) is 0 Å². The SMILES string of the molecule is CC1(C)C2CNCC2CN1CC(=O)Nc1nccs1. The van der Waals surface area contributed by atoms with Gasteiger partial charge in [-0.3, -0.25) is 9.69 Å². The van der Waals surface area contributed by atoms with E-state index < -0.39 is 0 Å². The maximum atomic E-state index is 12.1. The summed E-state index contributed by atoms with van der Waals surface area (Å²) in [5.74, 6) is 1.37. The van der Waals surface area contributed by atoms with Crippen molar-refractivity contribution in [1.29, 1.82) is 0 Å². The third-order valence-electron chi connectivity index (χ3n) is 4.53. The molecule has 0 spiro atoms. The van der Waals surface area contributed by atoms with Crippen LogP contribution in [0, 0.1) is 11.8 Å². The van der Waals surface area contributed by atoms with Crippen molar-refractivity contribution in [3.8, 4) is 0 Å². The van der Waals surface area contributed by atoms with Crippen molar-refractivity contribution < 1.29 is 4.79 Å². The van der Waals surface area contributed by atoms with Crippen LogP contribution < -0.4 is 10.6 Å². The smallest absolute Gasteiger partial charge is 0.240 e. The van der Waals surface area contributed by atoms with Gasteiger partial charge in [-0.25, -0.2) is 4.98 Å². The van der Waals surface area contributed by atoms with Crippen LogP contribution in [0.15, 0.2) is 11.6 Å². The Morgan fingerprint density at radius 1 is 1.63 bits per heavy atom. The summed E-state index contributed by atoms with van der Waals surface area (Å²) in [6.07, 6.45) is 1.70. The summed E-state index contributed by atoms with van der Waals surface area (Å²) in [4.78, 5) is 18.5. The summed E-state index contributed by atoms with van der Waals surface area (Å²) in [6, 6.07) is 0. The van der Waals surface area contributed by atoms with Crippen LogP contribution in [0.5, 0.6) is 0 Å². The number of nitrogens with one attached hydrogen (secondary N) is 2. The molecule has 0 bridgehead atoms. The molecule has 0 aromatic carbocycles. The highest BCUT2D eigenvalue weighted by molar-refractivity contribution is 7.13. The summed E-state index contributed by atoms with van der Waals surface area (Å²) in [7, 11) is 0. The number of carbonyl (C=O) groups excluding carboxylic acids is 1. The molecule has 2 atom stereocenters. The van der Waals surface area contributed by atoms with Gasteiger partial charge in [-0.2, -0.15) is 0 Å². The number of hydrogen-bond donors (Lipinski definition) is 2. The predicted molar refractivity (Wildman–Crippen MR) is 76.2 cm³/mol. The zero-order valence-electron chi connectivity index (χ0n) is 11.3. The lowest BCUT2D eigenvalue weighted by Gasteiger charge is -2.35. The standard InChI is InChI=1S/C13H20N4OS/c1-13(2)10-6-14-5-9(10)7-17(13)8-11(18)16-12-15-3-4-19-12/h3-4,9-10,14H,5-8H2,1-2H3,(H,15,16,18). The van der Waals surface area contributed by atoms with Crippen LogP contribution in [0.4, 0.5) is 5.13 Å². The van der Waals surface area contributed by atoms with Gasteiger partial charge < -0.3 is 10.6 Å². The van der Waals surface area contributed by atoms with Crippen molar-refractivity contribution in [2.45, 2.75) is 19.4 Å². The Labute approximate surface area is 117 Å². The highest BCUT2D eigenvalue weighted by Gasteiger charge is 2.49. The summed E-state index contributed by atoms with van der Waals surface area (Å²) < 4.78 is 0. The van der Waals surface area contributed by atoms with Gasteiger partial charge in [0, 0.05) is 30.2 Å². The summed E-state index contributed by atoms with van der Waals surface area (Å²) in [6.45, 7) is 8.12. The van der Waals surface area contributed by atoms with Crippen LogP contribution >= 0.6 is 11.3 Å². The van der Waals surface area contributed by atoms with E-state index in [0.717, 1.165) is 19.6 Å². The fraction of sp³-hybridized carbons (Fsp3) is 0.692. The molecule has 1 amide bonds. The van der Waals surface area contributed by atoms with Crippen molar-refractivity contribution in [3.63, 3.8) is 0 Å². The van der Waals surface area contributed by atoms with Gasteiger partial charge >= 0.3 is 0 Å². The van der Waals surface area contributed by atoms with Crippen molar-refractivity contribution in [2.24, 2.45) is 11.8 Å². The molecule has 2 fully saturated rings. The van der Waals surface area contributed by atoms with E-state index in [0.29, 0.717) is 23.5 Å². The number of nitrogens with zero attached hydrogens (tertiary/aromatic N) is 2. The van der Waals surface area contributed by atoms with Crippen molar-refractivity contribution in [1.82, 2.24) is 15.2 Å². The molecule has 19 heavy (non-hydrogen) atoms. The number of thiazole rings is 1. The van der Waals surface area contributed by atoms with Gasteiger partial charge in [0.2, 0.25) is 5.91 Å². The summed E-state index contributed by atoms with van der Waals surface area (Å²) in [5.41, 5.74) is 0.0917. The molecule has 0 aliphatic carbocycles. The Morgan fingerprint density at radius 3 is 3.16 bits per heavy atom. The normalized spacial score (nSPS) is 29.4. The fourth-order valence-electron chi connectivity index (χ4n) is 3.39. The van der Waals surface area contributed by atoms with Crippen LogP contribution in [0.25, 0.3) is 0 Å². The quantitative estimate of drug-likeness (QED) is 0.868. The number of amides is 1. The Balaban J connectivity index is 1.62. The number of carbonyl (C=O) groups is 1. The molecule has 3 rings (SSSR count). The van der Waals surface area contributed by atoms with Crippen LogP contribution in [0.1, 0.15) is 13.8 Å². The van der Waals surface area contributed by atoms with Gasteiger partial charge in [-0.15, -0.1) is 11.3 Å². The van der Waals surface area contributed by atoms with E-state index in [1.54, 1.807) is 6.20 Å². The molecule has 3 heterocycles. The number of hydrogen-bond acceptors (Lipinski definition) is 5. The second-order valence-corrected chi connectivity index (χ2v) is 6.84. The largest absolute Gasteiger partial charge is 0.316 e. The number of rotatable bonds is 3. The van der Waals surface area contributed by atoms with Crippen LogP contribution in [-0.2, 0) is 4.79 Å². The maximum absolute atomic E-state index is 12.1. The first kappa shape index (κ1) is 13.0. The van der Waals surface area contributed by atoms with Gasteiger partial charge in [0.25, 0.3) is 0 Å². The molecular weight excluding hydrogens is 260 g/mol. The zero-order valence-corrected chi connectivity index (χ0v) is 12.2. The van der Waals surface area contributed by atoms with Gasteiger partial charge in [-0.1, -0.05) is 0 Å². The van der Waals surface area contributed by atoms with E-state index in [9.17, 15) is 4.79 Å². The van der Waals surface area contributed by atoms with E-state index in [4.69, 9.17) is 0 Å². The minimum atomic E-state index is 0.0379. The third kappa shape index (κ3) is 2.40. The third-order valence-corrected chi connectivity index (χ3v) is 5.22. The zero-order chi connectivity index (χ0) is 13.5. The molecule has 2 saturated heterocycles. The topological polar surface area (TPSA) is 57.3 Å². The molecule has 0 saturated carbocycles. The second kappa shape index (κ2) is 4.85. The average Bonchev–Trinajstić information content (AvgIpc) is 3.01. The lowest BCUT2D eigenvalue weighted by molar-refractivity contribution is -0.118. The van der Waals surface area contributed by atoms with E-state index in [1.165, 1.54) is 11.3 Å². The van der Waals surface area contributed by atoms with Gasteiger partial charge in [0.05, 0.1) is 6.54 Å². The highest BCUT2D eigenvalue weighted by atomic mass is 32.1. The molecular formula is C13H20N4OS. The average molecular weight is 280 g/mol. The molecule has 5 nitrogen and oxygen atoms in total. The van der Waals surface area contributed by atoms with E-state index in [1.807, 2.05) is 5.38 Å². The van der Waals surface area contributed by atoms with Crippen LogP contribution in [-0.4, -0.2) is 47.5 Å². The molecule has 1 aromatic heterocycles. The first-order valence-corrected chi connectivity index (χ1v) is 7.60. The Bertz CT molecular complexity index is 459. The van der Waals surface area contributed by atoms with Crippen molar-refractivity contribution in [3.05, 3.63) is 11.6 Å². The minimum Gasteiger partial charge on any atom is -0.316 e. The van der Waals surface area contributed by atoms with Gasteiger partial charge in [0.15, 0.2) is 5.13 Å². The van der Waals surface area contributed by atoms with Crippen LogP contribution in [0.3, 0.4) is 0 Å². The van der Waals surface area contributed by atoms with E-state index in [2.05, 4.69) is 34.4 Å². The number of aromatic nitrogens is 1. The van der Waals surface area contributed by atoms with Crippen molar-refractivity contribution >= 4 is 22.4 Å². The molecule has 104 valence electrons.